The van der Waals surface area contributed by atoms with Gasteiger partial charge >= 0.3 is 6.09 Å². The van der Waals surface area contributed by atoms with E-state index in [1.54, 1.807) is 25.7 Å². The molecule has 7 heteroatoms. The fourth-order valence-corrected chi connectivity index (χ4v) is 4.63. The van der Waals surface area contributed by atoms with Gasteiger partial charge in [-0.15, -0.1) is 0 Å². The van der Waals surface area contributed by atoms with Crippen molar-refractivity contribution in [1.29, 1.82) is 0 Å². The Morgan fingerprint density at radius 3 is 1.87 bits per heavy atom. The molecular formula is C32H55N3O4. The third kappa shape index (κ3) is 11.6. The SMILES string of the molecule is CCC(C)C(NC(=O)OC(C)(C)C)C(=O)N(C(C)CCC(C)C)C(C(=O)NC(C)(C)C)c1cc(C)cc(C)c1. The highest BCUT2D eigenvalue weighted by molar-refractivity contribution is 5.92. The standard InChI is InChI=1S/C32H55N3O4/c1-14-23(6)26(33-30(38)39-32(11,12)13)29(37)35(24(7)16-15-20(2)3)27(28(36)34-31(8,9)10)25-18-21(4)17-22(5)19-25/h17-20,23-24,26-27H,14-16H2,1-13H3,(H,33,38)(H,34,36). The third-order valence-electron chi connectivity index (χ3n) is 6.63. The molecule has 0 spiro atoms. The van der Waals surface area contributed by atoms with Crippen LogP contribution in [0.25, 0.3) is 0 Å². The fraction of sp³-hybridized carbons (Fsp3) is 0.719. The maximum atomic E-state index is 14.6. The van der Waals surface area contributed by atoms with Gasteiger partial charge in [-0.2, -0.15) is 0 Å². The maximum Gasteiger partial charge on any atom is 0.408 e. The number of carbonyl (C=O) groups is 3. The molecule has 0 radical (unpaired) electrons. The zero-order chi connectivity index (χ0) is 30.3. The largest absolute Gasteiger partial charge is 0.444 e. The molecule has 0 heterocycles. The van der Waals surface area contributed by atoms with Gasteiger partial charge in [-0.1, -0.05) is 63.4 Å². The van der Waals surface area contributed by atoms with Crippen LogP contribution >= 0.6 is 0 Å². The van der Waals surface area contributed by atoms with Gasteiger partial charge in [0.25, 0.3) is 0 Å². The summed E-state index contributed by atoms with van der Waals surface area (Å²) in [5.74, 6) is -0.245. The van der Waals surface area contributed by atoms with Crippen LogP contribution in [0.5, 0.6) is 0 Å². The first-order chi connectivity index (χ1) is 17.8. The van der Waals surface area contributed by atoms with E-state index in [0.717, 1.165) is 29.5 Å². The van der Waals surface area contributed by atoms with Gasteiger partial charge < -0.3 is 20.3 Å². The molecule has 0 bridgehead atoms. The van der Waals surface area contributed by atoms with Crippen molar-refractivity contribution in [3.63, 3.8) is 0 Å². The van der Waals surface area contributed by atoms with Gasteiger partial charge in [0.05, 0.1) is 0 Å². The number of rotatable bonds is 11. The molecule has 0 aliphatic heterocycles. The van der Waals surface area contributed by atoms with E-state index in [1.807, 2.05) is 67.5 Å². The Labute approximate surface area is 237 Å². The lowest BCUT2D eigenvalue weighted by atomic mass is 9.92. The Balaban J connectivity index is 3.76. The average Bonchev–Trinajstić information content (AvgIpc) is 2.75. The van der Waals surface area contributed by atoms with Gasteiger partial charge in [0.1, 0.15) is 17.7 Å². The van der Waals surface area contributed by atoms with Crippen LogP contribution in [0.15, 0.2) is 18.2 Å². The van der Waals surface area contributed by atoms with Crippen LogP contribution < -0.4 is 10.6 Å². The van der Waals surface area contributed by atoms with Crippen LogP contribution in [-0.4, -0.2) is 46.0 Å². The lowest BCUT2D eigenvalue weighted by Gasteiger charge is -2.41. The molecule has 0 aliphatic rings. The van der Waals surface area contributed by atoms with Crippen molar-refractivity contribution < 1.29 is 19.1 Å². The average molecular weight is 546 g/mol. The summed E-state index contributed by atoms with van der Waals surface area (Å²) in [7, 11) is 0. The topological polar surface area (TPSA) is 87.7 Å². The molecule has 0 aliphatic carbocycles. The number of hydrogen-bond acceptors (Lipinski definition) is 4. The normalized spacial score (nSPS) is 15.2. The number of amides is 3. The van der Waals surface area contributed by atoms with Crippen molar-refractivity contribution in [1.82, 2.24) is 15.5 Å². The molecule has 0 fully saturated rings. The fourth-order valence-electron chi connectivity index (χ4n) is 4.63. The number of ether oxygens (including phenoxy) is 1. The van der Waals surface area contributed by atoms with Crippen LogP contribution in [0.3, 0.4) is 0 Å². The first-order valence-electron chi connectivity index (χ1n) is 14.5. The predicted molar refractivity (Wildman–Crippen MR) is 160 cm³/mol. The molecule has 1 rings (SSSR count). The summed E-state index contributed by atoms with van der Waals surface area (Å²) in [6, 6.07) is 4.07. The Hall–Kier alpha value is -2.57. The Morgan fingerprint density at radius 2 is 1.44 bits per heavy atom. The Bertz CT molecular complexity index is 954. The number of carbonyl (C=O) groups excluding carboxylic acids is 3. The summed E-state index contributed by atoms with van der Waals surface area (Å²) in [6.07, 6.45) is 1.66. The van der Waals surface area contributed by atoms with Gasteiger partial charge in [0, 0.05) is 11.6 Å². The zero-order valence-electron chi connectivity index (χ0n) is 26.8. The molecule has 3 amide bonds. The first kappa shape index (κ1) is 34.5. The van der Waals surface area contributed by atoms with Crippen molar-refractivity contribution in [2.45, 2.75) is 139 Å². The smallest absolute Gasteiger partial charge is 0.408 e. The minimum atomic E-state index is -0.857. The molecule has 222 valence electrons. The van der Waals surface area contributed by atoms with Crippen molar-refractivity contribution in [2.75, 3.05) is 0 Å². The number of hydrogen-bond donors (Lipinski definition) is 2. The molecule has 0 saturated heterocycles. The first-order valence-corrected chi connectivity index (χ1v) is 14.5. The molecule has 1 aromatic carbocycles. The second-order valence-corrected chi connectivity index (χ2v) is 13.6. The molecule has 39 heavy (non-hydrogen) atoms. The van der Waals surface area contributed by atoms with Gasteiger partial charge in [-0.3, -0.25) is 9.59 Å². The van der Waals surface area contributed by atoms with Crippen LogP contribution in [-0.2, 0) is 14.3 Å². The molecule has 4 atom stereocenters. The Kier molecular flexibility index (Phi) is 12.5. The van der Waals surface area contributed by atoms with E-state index in [2.05, 4.69) is 30.5 Å². The van der Waals surface area contributed by atoms with Crippen LogP contribution in [0.4, 0.5) is 4.79 Å². The number of aryl methyl sites for hydroxylation is 2. The number of benzene rings is 1. The summed E-state index contributed by atoms with van der Waals surface area (Å²) in [6.45, 7) is 25.4. The highest BCUT2D eigenvalue weighted by Crippen LogP contribution is 2.30. The summed E-state index contributed by atoms with van der Waals surface area (Å²) < 4.78 is 5.52. The van der Waals surface area contributed by atoms with E-state index in [0.29, 0.717) is 12.3 Å². The second kappa shape index (κ2) is 14.2. The summed E-state index contributed by atoms with van der Waals surface area (Å²) in [5, 5.41) is 5.98. The van der Waals surface area contributed by atoms with Crippen molar-refractivity contribution in [2.24, 2.45) is 11.8 Å². The van der Waals surface area contributed by atoms with Gasteiger partial charge in [-0.25, -0.2) is 4.79 Å². The van der Waals surface area contributed by atoms with Crippen LogP contribution in [0.2, 0.25) is 0 Å². The quantitative estimate of drug-likeness (QED) is 0.318. The maximum absolute atomic E-state index is 14.6. The number of alkyl carbamates (subject to hydrolysis) is 1. The van der Waals surface area contributed by atoms with E-state index in [-0.39, 0.29) is 23.8 Å². The highest BCUT2D eigenvalue weighted by atomic mass is 16.6. The second-order valence-electron chi connectivity index (χ2n) is 13.6. The van der Waals surface area contributed by atoms with Crippen molar-refractivity contribution in [3.05, 3.63) is 34.9 Å². The highest BCUT2D eigenvalue weighted by Gasteiger charge is 2.41. The molecule has 0 aromatic heterocycles. The molecule has 2 N–H and O–H groups in total. The van der Waals surface area contributed by atoms with E-state index < -0.39 is 29.3 Å². The predicted octanol–water partition coefficient (Wildman–Crippen LogP) is 6.85. The van der Waals surface area contributed by atoms with Gasteiger partial charge in [0.2, 0.25) is 11.8 Å². The summed E-state index contributed by atoms with van der Waals surface area (Å²) in [5.41, 5.74) is 1.61. The van der Waals surface area contributed by atoms with E-state index >= 15 is 0 Å². The summed E-state index contributed by atoms with van der Waals surface area (Å²) in [4.78, 5) is 43.2. The molecule has 4 unspecified atom stereocenters. The number of nitrogens with one attached hydrogen (secondary N) is 2. The molecule has 7 nitrogen and oxygen atoms in total. The molecule has 1 aromatic rings. The molecule has 0 saturated carbocycles. The minimum absolute atomic E-state index is 0.171. The number of nitrogens with zero attached hydrogens (tertiary/aromatic N) is 1. The zero-order valence-corrected chi connectivity index (χ0v) is 26.8. The lowest BCUT2D eigenvalue weighted by Crippen LogP contribution is -2.58. The minimum Gasteiger partial charge on any atom is -0.444 e. The van der Waals surface area contributed by atoms with Crippen LogP contribution in [0, 0.1) is 25.7 Å². The van der Waals surface area contributed by atoms with E-state index in [1.165, 1.54) is 0 Å². The van der Waals surface area contributed by atoms with Crippen LogP contribution in [0.1, 0.15) is 118 Å². The summed E-state index contributed by atoms with van der Waals surface area (Å²) >= 11 is 0. The third-order valence-corrected chi connectivity index (χ3v) is 6.63. The Morgan fingerprint density at radius 1 is 0.897 bits per heavy atom. The molecular weight excluding hydrogens is 490 g/mol. The van der Waals surface area contributed by atoms with E-state index in [4.69, 9.17) is 4.74 Å². The van der Waals surface area contributed by atoms with Crippen molar-refractivity contribution >= 4 is 17.9 Å². The van der Waals surface area contributed by atoms with Gasteiger partial charge in [-0.05, 0) is 92.6 Å². The van der Waals surface area contributed by atoms with Crippen molar-refractivity contribution in [3.8, 4) is 0 Å². The lowest BCUT2D eigenvalue weighted by molar-refractivity contribution is -0.146. The van der Waals surface area contributed by atoms with E-state index in [9.17, 15) is 14.4 Å². The monoisotopic (exact) mass is 545 g/mol. The van der Waals surface area contributed by atoms with Gasteiger partial charge in [0.15, 0.2) is 0 Å².